The third-order valence-corrected chi connectivity index (χ3v) is 4.53. The molecule has 2 aromatic rings. The Bertz CT molecular complexity index is 968. The van der Waals surface area contributed by atoms with Crippen molar-refractivity contribution in [2.24, 2.45) is 0 Å². The second-order valence-electron chi connectivity index (χ2n) is 6.91. The SMILES string of the molecule is CC1(C)C(=O)Nc2ccccc2N1C(=O)COC(=O)c1ccc(C(F)(F)F)cc1. The number of benzene rings is 2. The van der Waals surface area contributed by atoms with Crippen LogP contribution in [0.4, 0.5) is 24.5 Å². The van der Waals surface area contributed by atoms with Crippen molar-refractivity contribution in [3.63, 3.8) is 0 Å². The smallest absolute Gasteiger partial charge is 0.416 e. The molecule has 0 saturated heterocycles. The number of alkyl halides is 3. The number of anilines is 2. The first-order chi connectivity index (χ1) is 13.5. The Hall–Kier alpha value is -3.36. The van der Waals surface area contributed by atoms with Crippen molar-refractivity contribution in [1.82, 2.24) is 0 Å². The van der Waals surface area contributed by atoms with Gasteiger partial charge in [0.15, 0.2) is 6.61 Å². The monoisotopic (exact) mass is 406 g/mol. The van der Waals surface area contributed by atoms with Gasteiger partial charge in [-0.2, -0.15) is 13.2 Å². The van der Waals surface area contributed by atoms with Gasteiger partial charge in [0, 0.05) is 0 Å². The lowest BCUT2D eigenvalue weighted by atomic mass is 9.96. The maximum absolute atomic E-state index is 12.8. The molecule has 0 radical (unpaired) electrons. The van der Waals surface area contributed by atoms with Gasteiger partial charge >= 0.3 is 12.1 Å². The molecule has 0 aromatic heterocycles. The quantitative estimate of drug-likeness (QED) is 0.790. The van der Waals surface area contributed by atoms with Gasteiger partial charge < -0.3 is 10.1 Å². The molecule has 1 heterocycles. The fraction of sp³-hybridized carbons (Fsp3) is 0.250. The maximum atomic E-state index is 12.8. The summed E-state index contributed by atoms with van der Waals surface area (Å²) in [7, 11) is 0. The van der Waals surface area contributed by atoms with E-state index in [0.29, 0.717) is 11.4 Å². The minimum absolute atomic E-state index is 0.123. The second kappa shape index (κ2) is 7.23. The standard InChI is InChI=1S/C20H17F3N2O4/c1-19(2)18(28)24-14-5-3-4-6-15(14)25(19)16(26)11-29-17(27)12-7-9-13(10-8-12)20(21,22)23/h3-10H,11H2,1-2H3,(H,24,28). The molecule has 6 nitrogen and oxygen atoms in total. The molecule has 0 saturated carbocycles. The number of hydrogen-bond donors (Lipinski definition) is 1. The number of fused-ring (bicyclic) bond motifs is 1. The molecule has 152 valence electrons. The predicted molar refractivity (Wildman–Crippen MR) is 98.4 cm³/mol. The molecule has 0 bridgehead atoms. The van der Waals surface area contributed by atoms with Crippen molar-refractivity contribution < 1.29 is 32.3 Å². The summed E-state index contributed by atoms with van der Waals surface area (Å²) in [5.41, 5.74) is -1.36. The summed E-state index contributed by atoms with van der Waals surface area (Å²) < 4.78 is 42.8. The average Bonchev–Trinajstić information content (AvgIpc) is 2.66. The fourth-order valence-corrected chi connectivity index (χ4v) is 2.97. The highest BCUT2D eigenvalue weighted by atomic mass is 19.4. The lowest BCUT2D eigenvalue weighted by Crippen LogP contribution is -2.59. The number of carbonyl (C=O) groups is 3. The van der Waals surface area contributed by atoms with Crippen LogP contribution in [0.2, 0.25) is 0 Å². The molecule has 1 N–H and O–H groups in total. The molecule has 2 aromatic carbocycles. The van der Waals surface area contributed by atoms with Gasteiger partial charge in [-0.3, -0.25) is 14.5 Å². The number of para-hydroxylation sites is 2. The van der Waals surface area contributed by atoms with E-state index in [1.165, 1.54) is 4.90 Å². The zero-order valence-electron chi connectivity index (χ0n) is 15.5. The van der Waals surface area contributed by atoms with Crippen LogP contribution in [-0.4, -0.2) is 29.9 Å². The van der Waals surface area contributed by atoms with Crippen molar-refractivity contribution in [1.29, 1.82) is 0 Å². The first-order valence-electron chi connectivity index (χ1n) is 8.60. The van der Waals surface area contributed by atoms with Crippen molar-refractivity contribution in [3.8, 4) is 0 Å². The lowest BCUT2D eigenvalue weighted by Gasteiger charge is -2.41. The van der Waals surface area contributed by atoms with E-state index < -0.39 is 41.7 Å². The van der Waals surface area contributed by atoms with Crippen LogP contribution in [0.15, 0.2) is 48.5 Å². The van der Waals surface area contributed by atoms with Crippen LogP contribution in [0.3, 0.4) is 0 Å². The number of hydrogen-bond acceptors (Lipinski definition) is 4. The van der Waals surface area contributed by atoms with Crippen LogP contribution < -0.4 is 10.2 Å². The highest BCUT2D eigenvalue weighted by Gasteiger charge is 2.43. The molecule has 3 rings (SSSR count). The van der Waals surface area contributed by atoms with Crippen LogP contribution in [0, 0.1) is 0 Å². The van der Waals surface area contributed by atoms with Gasteiger partial charge in [0.1, 0.15) is 5.54 Å². The van der Waals surface area contributed by atoms with Crippen LogP contribution in [0.1, 0.15) is 29.8 Å². The molecule has 2 amide bonds. The van der Waals surface area contributed by atoms with E-state index in [4.69, 9.17) is 4.74 Å². The summed E-state index contributed by atoms with van der Waals surface area (Å²) in [5.74, 6) is -1.99. The molecule has 0 spiro atoms. The molecule has 0 aliphatic carbocycles. The minimum Gasteiger partial charge on any atom is -0.452 e. The van der Waals surface area contributed by atoms with Gasteiger partial charge in [-0.15, -0.1) is 0 Å². The summed E-state index contributed by atoms with van der Waals surface area (Å²) in [5, 5.41) is 2.71. The Balaban J connectivity index is 1.75. The van der Waals surface area contributed by atoms with Gasteiger partial charge in [-0.25, -0.2) is 4.79 Å². The van der Waals surface area contributed by atoms with E-state index in [2.05, 4.69) is 5.32 Å². The van der Waals surface area contributed by atoms with Crippen LogP contribution in [0.5, 0.6) is 0 Å². The lowest BCUT2D eigenvalue weighted by molar-refractivity contribution is -0.137. The summed E-state index contributed by atoms with van der Waals surface area (Å²) >= 11 is 0. The van der Waals surface area contributed by atoms with E-state index in [1.807, 2.05) is 0 Å². The zero-order chi connectivity index (χ0) is 21.4. The van der Waals surface area contributed by atoms with Crippen molar-refractivity contribution in [2.45, 2.75) is 25.6 Å². The summed E-state index contributed by atoms with van der Waals surface area (Å²) in [4.78, 5) is 38.5. The molecule has 0 fully saturated rings. The van der Waals surface area contributed by atoms with Gasteiger partial charge in [0.25, 0.3) is 5.91 Å². The third kappa shape index (κ3) is 3.94. The number of ether oxygens (including phenoxy) is 1. The molecule has 29 heavy (non-hydrogen) atoms. The Morgan fingerprint density at radius 3 is 2.31 bits per heavy atom. The van der Waals surface area contributed by atoms with Crippen LogP contribution in [0.25, 0.3) is 0 Å². The van der Waals surface area contributed by atoms with Gasteiger partial charge in [0.2, 0.25) is 5.91 Å². The Morgan fingerprint density at radius 1 is 1.07 bits per heavy atom. The van der Waals surface area contributed by atoms with Gasteiger partial charge in [0.05, 0.1) is 22.5 Å². The Morgan fingerprint density at radius 2 is 1.69 bits per heavy atom. The molecular formula is C20H17F3N2O4. The normalized spacial score (nSPS) is 15.3. The molecule has 9 heteroatoms. The van der Waals surface area contributed by atoms with Gasteiger partial charge in [-0.1, -0.05) is 12.1 Å². The van der Waals surface area contributed by atoms with E-state index >= 15 is 0 Å². The molecule has 0 unspecified atom stereocenters. The third-order valence-electron chi connectivity index (χ3n) is 4.53. The second-order valence-corrected chi connectivity index (χ2v) is 6.91. The average molecular weight is 406 g/mol. The highest BCUT2D eigenvalue weighted by molar-refractivity contribution is 6.14. The van der Waals surface area contributed by atoms with E-state index in [-0.39, 0.29) is 5.56 Å². The van der Waals surface area contributed by atoms with Crippen LogP contribution in [-0.2, 0) is 20.5 Å². The summed E-state index contributed by atoms with van der Waals surface area (Å²) in [6.07, 6.45) is -4.52. The maximum Gasteiger partial charge on any atom is 0.416 e. The van der Waals surface area contributed by atoms with Crippen LogP contribution >= 0.6 is 0 Å². The van der Waals surface area contributed by atoms with E-state index in [0.717, 1.165) is 24.3 Å². The van der Waals surface area contributed by atoms with Crippen molar-refractivity contribution in [3.05, 3.63) is 59.7 Å². The number of nitrogens with zero attached hydrogens (tertiary/aromatic N) is 1. The number of amides is 2. The first-order valence-corrected chi connectivity index (χ1v) is 8.60. The van der Waals surface area contributed by atoms with Crippen molar-refractivity contribution >= 4 is 29.2 Å². The molecule has 1 aliphatic heterocycles. The Kier molecular flexibility index (Phi) is 5.08. The predicted octanol–water partition coefficient (Wildman–Crippen LogP) is 3.63. The Labute approximate surface area is 164 Å². The molecule has 0 atom stereocenters. The number of nitrogens with one attached hydrogen (secondary N) is 1. The number of carbonyl (C=O) groups excluding carboxylic acids is 3. The fourth-order valence-electron chi connectivity index (χ4n) is 2.97. The zero-order valence-corrected chi connectivity index (χ0v) is 15.5. The summed E-state index contributed by atoms with van der Waals surface area (Å²) in [6.45, 7) is 2.42. The minimum atomic E-state index is -4.52. The number of halogens is 3. The first kappa shape index (κ1) is 20.4. The number of esters is 1. The topological polar surface area (TPSA) is 75.7 Å². The molecular weight excluding hydrogens is 389 g/mol. The number of rotatable bonds is 3. The van der Waals surface area contributed by atoms with Gasteiger partial charge in [-0.05, 0) is 50.2 Å². The summed E-state index contributed by atoms with van der Waals surface area (Å²) in [6, 6.07) is 10.1. The van der Waals surface area contributed by atoms with E-state index in [9.17, 15) is 27.6 Å². The van der Waals surface area contributed by atoms with E-state index in [1.54, 1.807) is 38.1 Å². The largest absolute Gasteiger partial charge is 0.452 e. The highest BCUT2D eigenvalue weighted by Crippen LogP contribution is 2.36. The molecule has 1 aliphatic rings. The van der Waals surface area contributed by atoms with Crippen molar-refractivity contribution in [2.75, 3.05) is 16.8 Å².